The van der Waals surface area contributed by atoms with Crippen LogP contribution in [0.1, 0.15) is 66.5 Å². The van der Waals surface area contributed by atoms with Crippen molar-refractivity contribution in [3.63, 3.8) is 0 Å². The lowest BCUT2D eigenvalue weighted by Crippen LogP contribution is -2.32. The van der Waals surface area contributed by atoms with Crippen LogP contribution < -0.4 is 10.1 Å². The minimum absolute atomic E-state index is 0.0708. The first-order valence-electron chi connectivity index (χ1n) is 10.8. The molecule has 0 heterocycles. The van der Waals surface area contributed by atoms with E-state index in [0.717, 1.165) is 0 Å². The highest BCUT2D eigenvalue weighted by atomic mass is 16.6. The second kappa shape index (κ2) is 11.5. The standard InChI is InChI=1S/C24H34N2O7/c1-9-30-20(27)17(21(28)31-10-2)13-16-18(32-23(3,4)5)12-11-15(14-25)19(16)26-22(29)33-24(6,7)8/h11-12,17H,9-10,13H2,1-8H3,(H,26,29). The molecule has 0 saturated carbocycles. The quantitative estimate of drug-likeness (QED) is 0.343. The van der Waals surface area contributed by atoms with Gasteiger partial charge in [0, 0.05) is 12.0 Å². The molecule has 0 unspecified atom stereocenters. The fraction of sp³-hybridized carbons (Fsp3) is 0.583. The van der Waals surface area contributed by atoms with Crippen molar-refractivity contribution < 1.29 is 33.3 Å². The summed E-state index contributed by atoms with van der Waals surface area (Å²) in [5.74, 6) is -2.57. The van der Waals surface area contributed by atoms with Gasteiger partial charge in [0.1, 0.15) is 23.0 Å². The Morgan fingerprint density at radius 1 is 0.970 bits per heavy atom. The molecule has 1 rings (SSSR count). The first-order valence-corrected chi connectivity index (χ1v) is 10.8. The predicted octanol–water partition coefficient (Wildman–Crippen LogP) is 4.37. The Balaban J connectivity index is 3.64. The third-order valence-electron chi connectivity index (χ3n) is 3.98. The molecule has 182 valence electrons. The molecule has 0 aliphatic rings. The lowest BCUT2D eigenvalue weighted by Gasteiger charge is -2.27. The molecule has 0 atom stereocenters. The van der Waals surface area contributed by atoms with E-state index in [9.17, 15) is 19.6 Å². The minimum atomic E-state index is -1.32. The molecule has 1 aromatic rings. The molecule has 33 heavy (non-hydrogen) atoms. The van der Waals surface area contributed by atoms with Gasteiger partial charge in [0.2, 0.25) is 0 Å². The van der Waals surface area contributed by atoms with Crippen LogP contribution in [0.5, 0.6) is 5.75 Å². The van der Waals surface area contributed by atoms with Gasteiger partial charge in [-0.15, -0.1) is 0 Å². The van der Waals surface area contributed by atoms with Gasteiger partial charge >= 0.3 is 18.0 Å². The molecule has 0 saturated heterocycles. The van der Waals surface area contributed by atoms with E-state index in [-0.39, 0.29) is 36.4 Å². The summed E-state index contributed by atoms with van der Waals surface area (Å²) in [5.41, 5.74) is -0.943. The lowest BCUT2D eigenvalue weighted by molar-refractivity contribution is -0.161. The number of amides is 1. The maximum absolute atomic E-state index is 12.6. The van der Waals surface area contributed by atoms with Crippen molar-refractivity contribution >= 4 is 23.7 Å². The topological polar surface area (TPSA) is 124 Å². The molecular formula is C24H34N2O7. The van der Waals surface area contributed by atoms with Crippen molar-refractivity contribution in [1.29, 1.82) is 5.26 Å². The van der Waals surface area contributed by atoms with Crippen molar-refractivity contribution in [3.8, 4) is 11.8 Å². The van der Waals surface area contributed by atoms with Gasteiger partial charge in [-0.3, -0.25) is 14.9 Å². The Morgan fingerprint density at radius 2 is 1.52 bits per heavy atom. The number of carbonyl (C=O) groups excluding carboxylic acids is 3. The molecule has 1 amide bonds. The summed E-state index contributed by atoms with van der Waals surface area (Å²) in [4.78, 5) is 37.7. The number of nitrogens with one attached hydrogen (secondary N) is 1. The van der Waals surface area contributed by atoms with Crippen LogP contribution in [0, 0.1) is 17.2 Å². The van der Waals surface area contributed by atoms with Crippen LogP contribution in [-0.4, -0.2) is 42.4 Å². The van der Waals surface area contributed by atoms with Crippen molar-refractivity contribution in [2.75, 3.05) is 18.5 Å². The second-order valence-electron chi connectivity index (χ2n) is 9.18. The van der Waals surface area contributed by atoms with Crippen LogP contribution in [0.15, 0.2) is 12.1 Å². The van der Waals surface area contributed by atoms with E-state index in [2.05, 4.69) is 5.32 Å². The zero-order valence-corrected chi connectivity index (χ0v) is 20.7. The van der Waals surface area contributed by atoms with Crippen LogP contribution in [0.25, 0.3) is 0 Å². The highest BCUT2D eigenvalue weighted by molar-refractivity contribution is 5.96. The monoisotopic (exact) mass is 462 g/mol. The first-order chi connectivity index (χ1) is 15.2. The normalized spacial score (nSPS) is 11.4. The zero-order valence-electron chi connectivity index (χ0n) is 20.7. The average Bonchev–Trinajstić information content (AvgIpc) is 2.65. The predicted molar refractivity (Wildman–Crippen MR) is 122 cm³/mol. The summed E-state index contributed by atoms with van der Waals surface area (Å²) in [5, 5.41) is 12.3. The highest BCUT2D eigenvalue weighted by Gasteiger charge is 2.33. The van der Waals surface area contributed by atoms with E-state index in [1.54, 1.807) is 40.7 Å². The maximum atomic E-state index is 12.6. The van der Waals surface area contributed by atoms with Crippen LogP contribution in [-0.2, 0) is 30.2 Å². The number of nitrogens with zero attached hydrogens (tertiary/aromatic N) is 1. The van der Waals surface area contributed by atoms with E-state index in [1.807, 2.05) is 26.8 Å². The lowest BCUT2D eigenvalue weighted by atomic mass is 9.94. The molecule has 0 aromatic heterocycles. The zero-order chi connectivity index (χ0) is 25.4. The van der Waals surface area contributed by atoms with Gasteiger partial charge in [0.25, 0.3) is 0 Å². The number of rotatable bonds is 8. The van der Waals surface area contributed by atoms with Gasteiger partial charge < -0.3 is 18.9 Å². The van der Waals surface area contributed by atoms with Crippen molar-refractivity contribution in [3.05, 3.63) is 23.3 Å². The second-order valence-corrected chi connectivity index (χ2v) is 9.18. The number of hydrogen-bond acceptors (Lipinski definition) is 8. The summed E-state index contributed by atoms with van der Waals surface area (Å²) >= 11 is 0. The molecule has 0 fully saturated rings. The Kier molecular flexibility index (Phi) is 9.71. The van der Waals surface area contributed by atoms with Crippen LogP contribution in [0.2, 0.25) is 0 Å². The van der Waals surface area contributed by atoms with E-state index in [4.69, 9.17) is 18.9 Å². The van der Waals surface area contributed by atoms with Crippen LogP contribution in [0.4, 0.5) is 10.5 Å². The van der Waals surface area contributed by atoms with Crippen molar-refractivity contribution in [2.45, 2.75) is 73.0 Å². The number of esters is 2. The number of carbonyl (C=O) groups is 3. The maximum Gasteiger partial charge on any atom is 0.412 e. The minimum Gasteiger partial charge on any atom is -0.488 e. The largest absolute Gasteiger partial charge is 0.488 e. The third kappa shape index (κ3) is 9.00. The van der Waals surface area contributed by atoms with Crippen molar-refractivity contribution in [1.82, 2.24) is 0 Å². The summed E-state index contributed by atoms with van der Waals surface area (Å²) in [6.45, 7) is 14.0. The fourth-order valence-corrected chi connectivity index (χ4v) is 2.85. The van der Waals surface area contributed by atoms with Gasteiger partial charge in [-0.2, -0.15) is 5.26 Å². The van der Waals surface area contributed by atoms with Crippen LogP contribution >= 0.6 is 0 Å². The Morgan fingerprint density at radius 3 is 1.94 bits per heavy atom. The van der Waals surface area contributed by atoms with Gasteiger partial charge in [0.15, 0.2) is 5.92 Å². The van der Waals surface area contributed by atoms with Crippen molar-refractivity contribution in [2.24, 2.45) is 5.92 Å². The first kappa shape index (κ1) is 27.8. The number of nitriles is 1. The molecule has 1 aromatic carbocycles. The van der Waals surface area contributed by atoms with E-state index >= 15 is 0 Å². The molecule has 0 radical (unpaired) electrons. The molecule has 9 nitrogen and oxygen atoms in total. The molecule has 1 N–H and O–H groups in total. The Bertz CT molecular complexity index is 887. The highest BCUT2D eigenvalue weighted by Crippen LogP contribution is 2.35. The molecule has 0 aliphatic heterocycles. The van der Waals surface area contributed by atoms with Gasteiger partial charge in [-0.25, -0.2) is 4.79 Å². The summed E-state index contributed by atoms with van der Waals surface area (Å²) < 4.78 is 21.5. The number of ether oxygens (including phenoxy) is 4. The SMILES string of the molecule is CCOC(=O)C(Cc1c(OC(C)(C)C)ccc(C#N)c1NC(=O)OC(C)(C)C)C(=O)OCC. The summed E-state index contributed by atoms with van der Waals surface area (Å²) in [6, 6.07) is 5.07. The third-order valence-corrected chi connectivity index (χ3v) is 3.98. The molecule has 9 heteroatoms. The Hall–Kier alpha value is -3.28. The molecule has 0 spiro atoms. The van der Waals surface area contributed by atoms with E-state index in [1.165, 1.54) is 6.07 Å². The number of hydrogen-bond donors (Lipinski definition) is 1. The van der Waals surface area contributed by atoms with Gasteiger partial charge in [-0.05, 0) is 67.5 Å². The van der Waals surface area contributed by atoms with E-state index < -0.39 is 35.2 Å². The fourth-order valence-electron chi connectivity index (χ4n) is 2.85. The number of benzene rings is 1. The van der Waals surface area contributed by atoms with Crippen LogP contribution in [0.3, 0.4) is 0 Å². The molecule has 0 bridgehead atoms. The smallest absolute Gasteiger partial charge is 0.412 e. The Labute approximate surface area is 195 Å². The van der Waals surface area contributed by atoms with Gasteiger partial charge in [0.05, 0.1) is 24.5 Å². The molecule has 0 aliphatic carbocycles. The van der Waals surface area contributed by atoms with Gasteiger partial charge in [-0.1, -0.05) is 0 Å². The summed E-state index contributed by atoms with van der Waals surface area (Å²) in [6.07, 6.45) is -1.01. The number of anilines is 1. The van der Waals surface area contributed by atoms with E-state index in [0.29, 0.717) is 5.75 Å². The summed E-state index contributed by atoms with van der Waals surface area (Å²) in [7, 11) is 0. The molecular weight excluding hydrogens is 428 g/mol. The average molecular weight is 463 g/mol.